The van der Waals surface area contributed by atoms with E-state index in [1.165, 1.54) is 22.3 Å². The van der Waals surface area contributed by atoms with E-state index in [1.54, 1.807) is 0 Å². The van der Waals surface area contributed by atoms with E-state index < -0.39 is 0 Å². The van der Waals surface area contributed by atoms with Gasteiger partial charge in [0.25, 0.3) is 0 Å². The third kappa shape index (κ3) is 4.13. The second kappa shape index (κ2) is 6.56. The summed E-state index contributed by atoms with van der Waals surface area (Å²) in [5.74, 6) is 1.47. The van der Waals surface area contributed by atoms with Crippen molar-refractivity contribution in [3.63, 3.8) is 0 Å². The highest BCUT2D eigenvalue weighted by atomic mass is 16.5. The molecular weight excluding hydrogens is 268 g/mol. The largest absolute Gasteiger partial charge is 0.489 e. The number of benzene rings is 2. The van der Waals surface area contributed by atoms with Crippen molar-refractivity contribution < 1.29 is 4.74 Å². The van der Waals surface area contributed by atoms with E-state index in [0.717, 1.165) is 5.75 Å². The average Bonchev–Trinajstić information content (AvgIpc) is 2.45. The molecule has 0 saturated heterocycles. The predicted octanol–water partition coefficient (Wildman–Crippen LogP) is 5.99. The molecule has 1 nitrogen and oxygen atoms in total. The molecule has 0 heterocycles. The molecule has 0 N–H and O–H groups in total. The molecule has 0 radical (unpaired) electrons. The van der Waals surface area contributed by atoms with Gasteiger partial charge in [0.2, 0.25) is 0 Å². The zero-order valence-electron chi connectivity index (χ0n) is 14.7. The first kappa shape index (κ1) is 16.6. The fourth-order valence-corrected chi connectivity index (χ4v) is 2.42. The predicted molar refractivity (Wildman–Crippen MR) is 94.7 cm³/mol. The lowest BCUT2D eigenvalue weighted by Crippen LogP contribution is -2.12. The molecule has 0 unspecified atom stereocenters. The molecule has 118 valence electrons. The second-order valence-corrected chi connectivity index (χ2v) is 7.41. The minimum atomic E-state index is 0.167. The summed E-state index contributed by atoms with van der Waals surface area (Å²) < 4.78 is 6.03. The van der Waals surface area contributed by atoms with Crippen molar-refractivity contribution >= 4 is 0 Å². The van der Waals surface area contributed by atoms with Crippen LogP contribution < -0.4 is 4.74 Å². The molecule has 0 aliphatic heterocycles. The van der Waals surface area contributed by atoms with Crippen molar-refractivity contribution in [3.8, 4) is 5.75 Å². The summed E-state index contributed by atoms with van der Waals surface area (Å²) in [6, 6.07) is 15.1. The fraction of sp³-hybridized carbons (Fsp3) is 0.429. The molecule has 2 aromatic carbocycles. The summed E-state index contributed by atoms with van der Waals surface area (Å²) >= 11 is 0. The van der Waals surface area contributed by atoms with Crippen LogP contribution in [0.5, 0.6) is 5.75 Å². The number of rotatable bonds is 4. The molecule has 0 spiro atoms. The lowest BCUT2D eigenvalue weighted by atomic mass is 9.85. The molecule has 0 amide bonds. The molecule has 0 aliphatic carbocycles. The molecule has 0 saturated carbocycles. The van der Waals surface area contributed by atoms with Crippen LogP contribution in [0.2, 0.25) is 0 Å². The van der Waals surface area contributed by atoms with Gasteiger partial charge in [-0.05, 0) is 52.6 Å². The van der Waals surface area contributed by atoms with Crippen molar-refractivity contribution in [2.24, 2.45) is 0 Å². The highest BCUT2D eigenvalue weighted by Crippen LogP contribution is 2.26. The first-order chi connectivity index (χ1) is 10.3. The van der Waals surface area contributed by atoms with Crippen LogP contribution in [0, 0.1) is 6.92 Å². The van der Waals surface area contributed by atoms with Crippen molar-refractivity contribution in [1.29, 1.82) is 0 Å². The molecular formula is C21H28O. The minimum absolute atomic E-state index is 0.167. The number of hydrogen-bond acceptors (Lipinski definition) is 1. The van der Waals surface area contributed by atoms with Gasteiger partial charge in [-0.1, -0.05) is 65.0 Å². The third-order valence-electron chi connectivity index (χ3n) is 4.13. The van der Waals surface area contributed by atoms with Gasteiger partial charge in [-0.3, -0.25) is 0 Å². The van der Waals surface area contributed by atoms with Crippen LogP contribution in [0.1, 0.15) is 62.8 Å². The second-order valence-electron chi connectivity index (χ2n) is 7.41. The van der Waals surface area contributed by atoms with E-state index >= 15 is 0 Å². The van der Waals surface area contributed by atoms with Gasteiger partial charge in [-0.25, -0.2) is 0 Å². The molecule has 0 atom stereocenters. The Morgan fingerprint density at radius 1 is 1.00 bits per heavy atom. The molecule has 0 aliphatic rings. The van der Waals surface area contributed by atoms with Gasteiger partial charge in [0.15, 0.2) is 0 Å². The molecule has 2 rings (SSSR count). The van der Waals surface area contributed by atoms with Crippen LogP contribution in [0.15, 0.2) is 42.5 Å². The zero-order valence-corrected chi connectivity index (χ0v) is 14.7. The lowest BCUT2D eigenvalue weighted by Gasteiger charge is -2.21. The third-order valence-corrected chi connectivity index (χ3v) is 4.13. The Bertz CT molecular complexity index is 633. The van der Waals surface area contributed by atoms with Gasteiger partial charge < -0.3 is 4.74 Å². The summed E-state index contributed by atoms with van der Waals surface area (Å²) in [4.78, 5) is 0. The number of hydrogen-bond donors (Lipinski definition) is 0. The average molecular weight is 296 g/mol. The van der Waals surface area contributed by atoms with Gasteiger partial charge in [-0.2, -0.15) is 0 Å². The highest BCUT2D eigenvalue weighted by molar-refractivity contribution is 5.35. The molecule has 22 heavy (non-hydrogen) atoms. The quantitative estimate of drug-likeness (QED) is 0.673. The van der Waals surface area contributed by atoms with E-state index in [1.807, 2.05) is 6.07 Å². The van der Waals surface area contributed by atoms with Gasteiger partial charge in [0.05, 0.1) is 0 Å². The van der Waals surface area contributed by atoms with Crippen molar-refractivity contribution in [2.45, 2.75) is 59.5 Å². The Balaban J connectivity index is 2.16. The Hall–Kier alpha value is -1.76. The lowest BCUT2D eigenvalue weighted by molar-refractivity contribution is 0.304. The Morgan fingerprint density at radius 2 is 1.73 bits per heavy atom. The van der Waals surface area contributed by atoms with Gasteiger partial charge >= 0.3 is 0 Å². The summed E-state index contributed by atoms with van der Waals surface area (Å²) in [5, 5.41) is 0. The van der Waals surface area contributed by atoms with E-state index in [-0.39, 0.29) is 5.41 Å². The van der Waals surface area contributed by atoms with Crippen molar-refractivity contribution in [2.75, 3.05) is 0 Å². The van der Waals surface area contributed by atoms with Crippen LogP contribution in [0.25, 0.3) is 0 Å². The maximum Gasteiger partial charge on any atom is 0.120 e. The minimum Gasteiger partial charge on any atom is -0.489 e. The van der Waals surface area contributed by atoms with E-state index in [9.17, 15) is 0 Å². The maximum atomic E-state index is 6.03. The molecule has 0 fully saturated rings. The van der Waals surface area contributed by atoms with Gasteiger partial charge in [-0.15, -0.1) is 0 Å². The SMILES string of the molecule is Cc1ccc(C(C)(C)C)cc1COc1cccc(C(C)C)c1. The monoisotopic (exact) mass is 296 g/mol. The standard InChI is InChI=1S/C21H28O/c1-15(2)17-8-7-9-20(13-17)22-14-18-12-19(21(4,5)6)11-10-16(18)3/h7-13,15H,14H2,1-6H3. The summed E-state index contributed by atoms with van der Waals surface area (Å²) in [6.07, 6.45) is 0. The molecule has 0 aromatic heterocycles. The Labute approximate surface area is 135 Å². The Kier molecular flexibility index (Phi) is 4.95. The van der Waals surface area contributed by atoms with Crippen molar-refractivity contribution in [1.82, 2.24) is 0 Å². The first-order valence-electron chi connectivity index (χ1n) is 8.10. The van der Waals surface area contributed by atoms with E-state index in [0.29, 0.717) is 12.5 Å². The smallest absolute Gasteiger partial charge is 0.120 e. The number of ether oxygens (including phenoxy) is 1. The maximum absolute atomic E-state index is 6.03. The van der Waals surface area contributed by atoms with Gasteiger partial charge in [0, 0.05) is 0 Å². The molecule has 2 aromatic rings. The summed E-state index contributed by atoms with van der Waals surface area (Å²) in [6.45, 7) is 13.9. The summed E-state index contributed by atoms with van der Waals surface area (Å²) in [7, 11) is 0. The Morgan fingerprint density at radius 3 is 2.36 bits per heavy atom. The highest BCUT2D eigenvalue weighted by Gasteiger charge is 2.14. The van der Waals surface area contributed by atoms with Crippen LogP contribution in [-0.2, 0) is 12.0 Å². The van der Waals surface area contributed by atoms with Crippen LogP contribution in [0.4, 0.5) is 0 Å². The normalized spacial score (nSPS) is 11.8. The molecule has 1 heteroatoms. The molecule has 0 bridgehead atoms. The van der Waals surface area contributed by atoms with Crippen LogP contribution >= 0.6 is 0 Å². The van der Waals surface area contributed by atoms with Crippen LogP contribution in [-0.4, -0.2) is 0 Å². The zero-order chi connectivity index (χ0) is 16.3. The van der Waals surface area contributed by atoms with E-state index in [2.05, 4.69) is 77.9 Å². The fourth-order valence-electron chi connectivity index (χ4n) is 2.42. The van der Waals surface area contributed by atoms with Crippen molar-refractivity contribution in [3.05, 3.63) is 64.7 Å². The van der Waals surface area contributed by atoms with Gasteiger partial charge in [0.1, 0.15) is 12.4 Å². The first-order valence-corrected chi connectivity index (χ1v) is 8.10. The summed E-state index contributed by atoms with van der Waals surface area (Å²) in [5.41, 5.74) is 5.39. The topological polar surface area (TPSA) is 9.23 Å². The van der Waals surface area contributed by atoms with E-state index in [4.69, 9.17) is 4.74 Å². The number of aryl methyl sites for hydroxylation is 1. The van der Waals surface area contributed by atoms with Crippen LogP contribution in [0.3, 0.4) is 0 Å².